The van der Waals surface area contributed by atoms with E-state index >= 15 is 0 Å². The first-order valence-electron chi connectivity index (χ1n) is 6.63. The summed E-state index contributed by atoms with van der Waals surface area (Å²) >= 11 is 1.71. The first-order chi connectivity index (χ1) is 10.2. The number of aromatic nitrogens is 2. The highest BCUT2D eigenvalue weighted by atomic mass is 32.2. The minimum absolute atomic E-state index is 0.661. The van der Waals surface area contributed by atoms with Crippen molar-refractivity contribution in [2.24, 2.45) is 0 Å². The smallest absolute Gasteiger partial charge is 0.218 e. The molecule has 0 saturated carbocycles. The molecular weight excluding hydrogens is 282 g/mol. The van der Waals surface area contributed by atoms with E-state index in [1.807, 2.05) is 24.3 Å². The van der Waals surface area contributed by atoms with Gasteiger partial charge in [-0.1, -0.05) is 6.07 Å². The first-order valence-corrected chi connectivity index (χ1v) is 7.85. The molecule has 0 atom stereocenters. The molecule has 0 aliphatic carbocycles. The minimum Gasteiger partial charge on any atom is -0.481 e. The number of rotatable bonds is 4. The maximum absolute atomic E-state index is 6.01. The van der Waals surface area contributed by atoms with Crippen molar-refractivity contribution >= 4 is 28.4 Å². The Kier molecular flexibility index (Phi) is 3.75. The normalized spacial score (nSPS) is 11.0. The molecule has 108 valence electrons. The number of hydrogen-bond donors (Lipinski definition) is 1. The molecule has 0 spiro atoms. The van der Waals surface area contributed by atoms with Gasteiger partial charge in [0.1, 0.15) is 0 Å². The maximum atomic E-state index is 6.01. The van der Waals surface area contributed by atoms with Crippen molar-refractivity contribution in [3.05, 3.63) is 48.3 Å². The Bertz CT molecular complexity index is 782. The van der Waals surface area contributed by atoms with E-state index in [1.54, 1.807) is 25.1 Å². The summed E-state index contributed by atoms with van der Waals surface area (Å²) in [7, 11) is 1.64. The van der Waals surface area contributed by atoms with Crippen molar-refractivity contribution in [3.63, 3.8) is 0 Å². The fourth-order valence-electron chi connectivity index (χ4n) is 2.50. The summed E-state index contributed by atoms with van der Waals surface area (Å²) in [5, 5.41) is 1.22. The van der Waals surface area contributed by atoms with Gasteiger partial charge in [-0.05, 0) is 30.5 Å². The van der Waals surface area contributed by atoms with E-state index in [0.29, 0.717) is 12.4 Å². The molecule has 0 radical (unpaired) electrons. The lowest BCUT2D eigenvalue weighted by atomic mass is 10.2. The number of nitrogens with two attached hydrogens (primary N) is 1. The number of methoxy groups -OCH3 is 1. The quantitative estimate of drug-likeness (QED) is 0.592. The Morgan fingerprint density at radius 3 is 2.95 bits per heavy atom. The van der Waals surface area contributed by atoms with Crippen LogP contribution in [0.25, 0.3) is 10.9 Å². The number of pyridine rings is 1. The van der Waals surface area contributed by atoms with Gasteiger partial charge < -0.3 is 15.0 Å². The van der Waals surface area contributed by atoms with Gasteiger partial charge in [0.25, 0.3) is 0 Å². The summed E-state index contributed by atoms with van der Waals surface area (Å²) in [6.45, 7) is 0.706. The summed E-state index contributed by atoms with van der Waals surface area (Å²) in [6.07, 6.45) is 5.88. The van der Waals surface area contributed by atoms with Crippen LogP contribution in [0.2, 0.25) is 0 Å². The Morgan fingerprint density at radius 2 is 2.19 bits per heavy atom. The molecule has 2 aromatic heterocycles. The Morgan fingerprint density at radius 1 is 1.33 bits per heavy atom. The average molecular weight is 299 g/mol. The predicted octanol–water partition coefficient (Wildman–Crippen LogP) is 3.40. The molecule has 2 N–H and O–H groups in total. The monoisotopic (exact) mass is 299 g/mol. The number of ether oxygens (including phenoxy) is 1. The van der Waals surface area contributed by atoms with E-state index < -0.39 is 0 Å². The summed E-state index contributed by atoms with van der Waals surface area (Å²) in [6, 6.07) is 10.1. The van der Waals surface area contributed by atoms with Crippen molar-refractivity contribution in [3.8, 4) is 5.88 Å². The number of anilines is 1. The SMILES string of the molecule is COc1ncccc1Cn1ccc2c(SC)cc(N)cc21. The molecule has 0 fully saturated rings. The molecular formula is C16H17N3OS. The van der Waals surface area contributed by atoms with E-state index in [2.05, 4.69) is 28.1 Å². The summed E-state index contributed by atoms with van der Waals surface area (Å²) < 4.78 is 7.49. The van der Waals surface area contributed by atoms with Gasteiger partial charge in [-0.15, -0.1) is 11.8 Å². The number of hydrogen-bond acceptors (Lipinski definition) is 4. The van der Waals surface area contributed by atoms with Gasteiger partial charge >= 0.3 is 0 Å². The van der Waals surface area contributed by atoms with Crippen LogP contribution in [0.15, 0.2) is 47.6 Å². The van der Waals surface area contributed by atoms with Gasteiger partial charge in [-0.25, -0.2) is 4.98 Å². The lowest BCUT2D eigenvalue weighted by Gasteiger charge is -2.10. The summed E-state index contributed by atoms with van der Waals surface area (Å²) in [4.78, 5) is 5.44. The third-order valence-electron chi connectivity index (χ3n) is 3.48. The molecule has 0 aliphatic rings. The largest absolute Gasteiger partial charge is 0.481 e. The predicted molar refractivity (Wildman–Crippen MR) is 88.0 cm³/mol. The number of benzene rings is 1. The zero-order valence-electron chi connectivity index (χ0n) is 12.0. The van der Waals surface area contributed by atoms with Gasteiger partial charge in [0, 0.05) is 33.9 Å². The van der Waals surface area contributed by atoms with Gasteiger partial charge in [0.05, 0.1) is 19.2 Å². The van der Waals surface area contributed by atoms with Gasteiger partial charge in [-0.2, -0.15) is 0 Å². The second-order valence-corrected chi connectivity index (χ2v) is 5.62. The number of fused-ring (bicyclic) bond motifs is 1. The molecule has 21 heavy (non-hydrogen) atoms. The van der Waals surface area contributed by atoms with Crippen molar-refractivity contribution in [1.29, 1.82) is 0 Å². The second-order valence-electron chi connectivity index (χ2n) is 4.77. The molecule has 0 aliphatic heterocycles. The van der Waals surface area contributed by atoms with E-state index in [4.69, 9.17) is 10.5 Å². The van der Waals surface area contributed by atoms with Crippen LogP contribution >= 0.6 is 11.8 Å². The van der Waals surface area contributed by atoms with E-state index in [-0.39, 0.29) is 0 Å². The molecule has 0 saturated heterocycles. The van der Waals surface area contributed by atoms with E-state index in [0.717, 1.165) is 16.8 Å². The molecule has 3 aromatic rings. The number of nitrogens with zero attached hydrogens (tertiary/aromatic N) is 2. The average Bonchev–Trinajstić information content (AvgIpc) is 2.90. The van der Waals surface area contributed by atoms with Crippen molar-refractivity contribution in [1.82, 2.24) is 9.55 Å². The lowest BCUT2D eigenvalue weighted by molar-refractivity contribution is 0.391. The fraction of sp³-hybridized carbons (Fsp3) is 0.188. The first kappa shape index (κ1) is 13.8. The highest BCUT2D eigenvalue weighted by Crippen LogP contribution is 2.30. The third kappa shape index (κ3) is 2.56. The Hall–Kier alpha value is -2.14. The van der Waals surface area contributed by atoms with Crippen LogP contribution in [-0.4, -0.2) is 22.9 Å². The number of thioether (sulfide) groups is 1. The minimum atomic E-state index is 0.661. The van der Waals surface area contributed by atoms with Crippen LogP contribution in [0, 0.1) is 0 Å². The zero-order chi connectivity index (χ0) is 14.8. The molecule has 0 amide bonds. The van der Waals surface area contributed by atoms with Crippen LogP contribution < -0.4 is 10.5 Å². The Balaban J connectivity index is 2.07. The van der Waals surface area contributed by atoms with Crippen LogP contribution in [-0.2, 0) is 6.54 Å². The van der Waals surface area contributed by atoms with Crippen molar-refractivity contribution in [2.45, 2.75) is 11.4 Å². The zero-order valence-corrected chi connectivity index (χ0v) is 12.9. The van der Waals surface area contributed by atoms with Crippen molar-refractivity contribution < 1.29 is 4.74 Å². The van der Waals surface area contributed by atoms with Crippen LogP contribution in [0.4, 0.5) is 5.69 Å². The summed E-state index contributed by atoms with van der Waals surface area (Å²) in [5.41, 5.74) is 8.97. The number of nitrogen functional groups attached to an aromatic ring is 1. The second kappa shape index (κ2) is 5.69. The third-order valence-corrected chi connectivity index (χ3v) is 4.25. The Labute approximate surface area is 127 Å². The van der Waals surface area contributed by atoms with Gasteiger partial charge in [0.15, 0.2) is 0 Å². The highest BCUT2D eigenvalue weighted by Gasteiger charge is 2.10. The van der Waals surface area contributed by atoms with Crippen LogP contribution in [0.1, 0.15) is 5.56 Å². The standard InChI is InChI=1S/C16H17N3OS/c1-20-16-11(4-3-6-18-16)10-19-7-5-13-14(19)8-12(17)9-15(13)21-2/h3-9H,10,17H2,1-2H3. The molecule has 0 bridgehead atoms. The molecule has 5 heteroatoms. The fourth-order valence-corrected chi connectivity index (χ4v) is 3.15. The van der Waals surface area contributed by atoms with Crippen molar-refractivity contribution in [2.75, 3.05) is 19.1 Å². The molecule has 2 heterocycles. The topological polar surface area (TPSA) is 53.1 Å². The highest BCUT2D eigenvalue weighted by molar-refractivity contribution is 7.98. The van der Waals surface area contributed by atoms with Crippen LogP contribution in [0.5, 0.6) is 5.88 Å². The van der Waals surface area contributed by atoms with Gasteiger partial charge in [0.2, 0.25) is 5.88 Å². The van der Waals surface area contributed by atoms with E-state index in [9.17, 15) is 0 Å². The van der Waals surface area contributed by atoms with Gasteiger partial charge in [-0.3, -0.25) is 0 Å². The van der Waals surface area contributed by atoms with E-state index in [1.165, 1.54) is 10.3 Å². The maximum Gasteiger partial charge on any atom is 0.218 e. The molecule has 3 rings (SSSR count). The summed E-state index contributed by atoms with van der Waals surface area (Å²) in [5.74, 6) is 0.661. The van der Waals surface area contributed by atoms with Crippen LogP contribution in [0.3, 0.4) is 0 Å². The molecule has 0 unspecified atom stereocenters. The molecule has 4 nitrogen and oxygen atoms in total. The molecule has 1 aromatic carbocycles. The lowest BCUT2D eigenvalue weighted by Crippen LogP contribution is -2.02.